The standard InChI is InChI=1S/C43H67NO12.Na/c1-10-41(37-25(3)21-32(52-37)34-24(2)20-26(4)43(49,55-34)23-51-39(48)44-30-14-12-11-13-15-30)17-16-33(53-41)40(8)18-19-42(56-40)22-31(45)27(5)36(54-42)28(6)35(50-9)29(7)38(46)47;/h11-15,24-29,31-37,45,49H,10,16-23H2,1-9H3,(H,44,48)(H,46,47);/q;+1/p-1/t24-,25-,26+,27+,28-,29+,31-,32+,33+,34-,35+,36-,37+,40-,41-,42+,43-;/m0./s1. The van der Waals surface area contributed by atoms with Crippen LogP contribution in [0.1, 0.15) is 107 Å². The molecule has 5 fully saturated rings. The van der Waals surface area contributed by atoms with Crippen LogP contribution >= 0.6 is 0 Å². The quantitative estimate of drug-likeness (QED) is 0.263. The number of hydrogen-bond donors (Lipinski definition) is 3. The fourth-order valence-corrected chi connectivity index (χ4v) is 10.7. The molecule has 1 aromatic carbocycles. The van der Waals surface area contributed by atoms with E-state index >= 15 is 0 Å². The maximum Gasteiger partial charge on any atom is 1.00 e. The van der Waals surface area contributed by atoms with E-state index in [4.69, 9.17) is 33.2 Å². The molecule has 0 radical (unpaired) electrons. The van der Waals surface area contributed by atoms with Crippen molar-refractivity contribution in [2.24, 2.45) is 35.5 Å². The molecular weight excluding hydrogens is 745 g/mol. The Kier molecular flexibility index (Phi) is 15.0. The first-order valence-corrected chi connectivity index (χ1v) is 20.9. The number of aliphatic carboxylic acids is 1. The van der Waals surface area contributed by atoms with E-state index in [1.165, 1.54) is 7.11 Å². The SMILES string of the molecule is CC[C@@]1([C@@H]2O[C@@H]([C@H]3O[C@@](O)(COC(=O)Nc4ccccc4)[C@H](C)C[C@@H]3C)C[C@@H]2C)CC[C@H]([C@]2(C)CC[C@]3(C[C@H](O)[C@@H](C)[C@@H]([C@@H](C)[C@@H](OC)[C@@H](C)C(=O)[O-])O3)O2)O1.[Na+]. The van der Waals surface area contributed by atoms with Crippen LogP contribution in [-0.4, -0.2) is 101 Å². The Balaban J connectivity index is 0.00000620. The number of carboxylic acid groups (broad SMARTS) is 1. The molecule has 17 atom stereocenters. The third-order valence-electron chi connectivity index (χ3n) is 14.2. The molecule has 57 heavy (non-hydrogen) atoms. The first-order valence-electron chi connectivity index (χ1n) is 20.9. The molecule has 1 aromatic rings. The van der Waals surface area contributed by atoms with Crippen LogP contribution in [0.15, 0.2) is 30.3 Å². The zero-order chi connectivity index (χ0) is 40.8. The molecule has 0 saturated carbocycles. The number of carboxylic acids is 1. The average Bonchev–Trinajstić information content (AvgIpc) is 3.87. The van der Waals surface area contributed by atoms with Gasteiger partial charge in [0.2, 0.25) is 5.79 Å². The van der Waals surface area contributed by atoms with Crippen LogP contribution in [-0.2, 0) is 38.0 Å². The summed E-state index contributed by atoms with van der Waals surface area (Å²) in [5.41, 5.74) is -0.655. The fraction of sp³-hybridized carbons (Fsp3) is 0.814. The summed E-state index contributed by atoms with van der Waals surface area (Å²) in [4.78, 5) is 24.4. The van der Waals surface area contributed by atoms with Crippen molar-refractivity contribution in [2.75, 3.05) is 19.0 Å². The molecule has 5 aliphatic rings. The summed E-state index contributed by atoms with van der Waals surface area (Å²) in [5, 5.41) is 37.5. The maximum absolute atomic E-state index is 12.6. The summed E-state index contributed by atoms with van der Waals surface area (Å²) in [6.45, 7) is 15.5. The van der Waals surface area contributed by atoms with Crippen LogP contribution in [0.5, 0.6) is 0 Å². The van der Waals surface area contributed by atoms with E-state index in [9.17, 15) is 24.9 Å². The number of para-hydroxylation sites is 1. The summed E-state index contributed by atoms with van der Waals surface area (Å²) < 4.78 is 45.4. The van der Waals surface area contributed by atoms with Crippen LogP contribution in [0.25, 0.3) is 0 Å². The van der Waals surface area contributed by atoms with Gasteiger partial charge in [0.1, 0.15) is 6.61 Å². The minimum absolute atomic E-state index is 0. The molecule has 13 nitrogen and oxygen atoms in total. The normalized spacial score (nSPS) is 43.6. The summed E-state index contributed by atoms with van der Waals surface area (Å²) in [7, 11) is 1.49. The van der Waals surface area contributed by atoms with Crippen LogP contribution in [0.3, 0.4) is 0 Å². The van der Waals surface area contributed by atoms with Gasteiger partial charge in [-0.15, -0.1) is 0 Å². The number of anilines is 1. The third-order valence-corrected chi connectivity index (χ3v) is 14.2. The number of benzene rings is 1. The molecule has 0 bridgehead atoms. The summed E-state index contributed by atoms with van der Waals surface area (Å²) in [6, 6.07) is 9.01. The first-order chi connectivity index (χ1) is 26.4. The van der Waals surface area contributed by atoms with E-state index in [1.54, 1.807) is 19.1 Å². The molecular formula is C43H66NNaO12. The van der Waals surface area contributed by atoms with Crippen molar-refractivity contribution in [1.29, 1.82) is 0 Å². The molecule has 6 rings (SSSR count). The first kappa shape index (κ1) is 46.7. The Bertz CT molecular complexity index is 1520. The summed E-state index contributed by atoms with van der Waals surface area (Å²) >= 11 is 0. The van der Waals surface area contributed by atoms with Gasteiger partial charge in [0.15, 0.2) is 5.79 Å². The number of aliphatic hydroxyl groups is 2. The number of nitrogens with one attached hydrogen (secondary N) is 1. The fourth-order valence-electron chi connectivity index (χ4n) is 10.7. The van der Waals surface area contributed by atoms with Gasteiger partial charge in [0.05, 0.1) is 53.9 Å². The second-order valence-electron chi connectivity index (χ2n) is 18.2. The number of ether oxygens (including phenoxy) is 7. The van der Waals surface area contributed by atoms with Gasteiger partial charge in [-0.25, -0.2) is 4.79 Å². The Morgan fingerprint density at radius 3 is 2.37 bits per heavy atom. The van der Waals surface area contributed by atoms with E-state index in [0.29, 0.717) is 31.4 Å². The Morgan fingerprint density at radius 2 is 1.72 bits per heavy atom. The predicted octanol–water partition coefficient (Wildman–Crippen LogP) is 2.20. The van der Waals surface area contributed by atoms with Crippen molar-refractivity contribution in [3.63, 3.8) is 0 Å². The summed E-state index contributed by atoms with van der Waals surface area (Å²) in [6.07, 6.45) is 1.54. The zero-order valence-corrected chi connectivity index (χ0v) is 37.7. The van der Waals surface area contributed by atoms with Crippen molar-refractivity contribution in [2.45, 2.75) is 172 Å². The molecule has 316 valence electrons. The van der Waals surface area contributed by atoms with Crippen molar-refractivity contribution in [1.82, 2.24) is 0 Å². The van der Waals surface area contributed by atoms with Gasteiger partial charge in [0, 0.05) is 55.3 Å². The second-order valence-corrected chi connectivity index (χ2v) is 18.2. The number of amides is 1. The van der Waals surface area contributed by atoms with Gasteiger partial charge >= 0.3 is 35.7 Å². The number of methoxy groups -OCH3 is 1. The number of rotatable bonds is 12. The van der Waals surface area contributed by atoms with Crippen molar-refractivity contribution >= 4 is 17.7 Å². The zero-order valence-electron chi connectivity index (χ0n) is 35.7. The molecule has 1 amide bonds. The predicted molar refractivity (Wildman–Crippen MR) is 204 cm³/mol. The van der Waals surface area contributed by atoms with Crippen LogP contribution < -0.4 is 40.0 Å². The Labute approximate surface area is 360 Å². The molecule has 1 spiro atoms. The number of hydrogen-bond acceptors (Lipinski definition) is 12. The smallest absolute Gasteiger partial charge is 0.550 e. The van der Waals surface area contributed by atoms with Gasteiger partial charge in [0.25, 0.3) is 0 Å². The van der Waals surface area contributed by atoms with Crippen molar-refractivity contribution in [3.8, 4) is 0 Å². The Morgan fingerprint density at radius 1 is 1.02 bits per heavy atom. The van der Waals surface area contributed by atoms with Gasteiger partial charge < -0.3 is 53.3 Å². The molecule has 5 saturated heterocycles. The molecule has 5 heterocycles. The number of carbonyl (C=O) groups excluding carboxylic acids is 2. The van der Waals surface area contributed by atoms with Crippen LogP contribution in [0.4, 0.5) is 10.5 Å². The molecule has 5 aliphatic heterocycles. The second kappa shape index (κ2) is 18.3. The maximum atomic E-state index is 12.6. The summed E-state index contributed by atoms with van der Waals surface area (Å²) in [5.74, 6) is -5.40. The largest absolute Gasteiger partial charge is 1.00 e. The van der Waals surface area contributed by atoms with E-state index in [-0.39, 0.29) is 84.1 Å². The van der Waals surface area contributed by atoms with Gasteiger partial charge in [-0.1, -0.05) is 66.7 Å². The topological polar surface area (TPSA) is 174 Å². The minimum atomic E-state index is -1.67. The van der Waals surface area contributed by atoms with Crippen LogP contribution in [0.2, 0.25) is 0 Å². The third kappa shape index (κ3) is 9.44. The average molecular weight is 812 g/mol. The molecule has 14 heteroatoms. The molecule has 3 N–H and O–H groups in total. The van der Waals surface area contributed by atoms with E-state index < -0.39 is 65.2 Å². The monoisotopic (exact) mass is 811 g/mol. The van der Waals surface area contributed by atoms with E-state index in [2.05, 4.69) is 33.0 Å². The number of carbonyl (C=O) groups is 2. The van der Waals surface area contributed by atoms with Crippen molar-refractivity contribution in [3.05, 3.63) is 30.3 Å². The van der Waals surface area contributed by atoms with Crippen molar-refractivity contribution < 1.29 is 87.6 Å². The van der Waals surface area contributed by atoms with E-state index in [1.807, 2.05) is 39.0 Å². The van der Waals surface area contributed by atoms with E-state index in [0.717, 1.165) is 25.7 Å². The van der Waals surface area contributed by atoms with Crippen LogP contribution in [0, 0.1) is 35.5 Å². The van der Waals surface area contributed by atoms with Gasteiger partial charge in [-0.05, 0) is 69.4 Å². The van der Waals surface area contributed by atoms with Gasteiger partial charge in [-0.2, -0.15) is 0 Å². The Hall–Kier alpha value is -1.36. The molecule has 0 aromatic heterocycles. The molecule has 0 unspecified atom stereocenters. The van der Waals surface area contributed by atoms with Gasteiger partial charge in [-0.3, -0.25) is 5.32 Å². The minimum Gasteiger partial charge on any atom is -0.550 e. The molecule has 0 aliphatic carbocycles. The number of aliphatic hydroxyl groups excluding tert-OH is 1.